The molecule has 0 aliphatic carbocycles. The fraction of sp³-hybridized carbons (Fsp3) is 0.0667. The molecule has 0 spiro atoms. The summed E-state index contributed by atoms with van der Waals surface area (Å²) in [6.45, 7) is 0. The summed E-state index contributed by atoms with van der Waals surface area (Å²) in [6.07, 6.45) is 0. The van der Waals surface area contributed by atoms with Crippen molar-refractivity contribution in [2.75, 3.05) is 5.73 Å². The van der Waals surface area contributed by atoms with Crippen molar-refractivity contribution in [2.24, 2.45) is 0 Å². The molecule has 1 unspecified atom stereocenters. The van der Waals surface area contributed by atoms with Crippen LogP contribution in [-0.2, 0) is 16.6 Å². The van der Waals surface area contributed by atoms with E-state index in [1.165, 1.54) is 0 Å². The summed E-state index contributed by atoms with van der Waals surface area (Å²) in [5.41, 5.74) is 8.83. The Morgan fingerprint density at radius 3 is 2.71 bits per heavy atom. The van der Waals surface area contributed by atoms with E-state index in [-0.39, 0.29) is 11.0 Å². The molecule has 0 aliphatic heterocycles. The summed E-state index contributed by atoms with van der Waals surface area (Å²) in [6, 6.07) is 14.1. The van der Waals surface area contributed by atoms with Crippen molar-refractivity contribution < 1.29 is 8.63 Å². The Morgan fingerprint density at radius 2 is 2.00 bits per heavy atom. The molecule has 1 heterocycles. The fourth-order valence-corrected chi connectivity index (χ4v) is 2.91. The molecule has 0 fully saturated rings. The quantitative estimate of drug-likeness (QED) is 0.750. The second kappa shape index (κ2) is 5.38. The van der Waals surface area contributed by atoms with Crippen LogP contribution in [0.4, 0.5) is 5.69 Å². The van der Waals surface area contributed by atoms with Crippen LogP contribution < -0.4 is 5.73 Å². The fourth-order valence-electron chi connectivity index (χ4n) is 1.91. The highest BCUT2D eigenvalue weighted by atomic mass is 32.2. The Bertz CT molecular complexity index is 863. The molecule has 2 aromatic carbocycles. The monoisotopic (exact) mass is 297 g/mol. The van der Waals surface area contributed by atoms with Crippen molar-refractivity contribution in [3.05, 3.63) is 53.6 Å². The van der Waals surface area contributed by atoms with Crippen LogP contribution >= 0.6 is 0 Å². The summed E-state index contributed by atoms with van der Waals surface area (Å²) in [4.78, 5) is 4.21. The van der Waals surface area contributed by atoms with E-state index in [1.54, 1.807) is 42.5 Å². The third kappa shape index (κ3) is 2.78. The van der Waals surface area contributed by atoms with Gasteiger partial charge in [0.1, 0.15) is 16.3 Å². The molecule has 1 atom stereocenters. The molecule has 21 heavy (non-hydrogen) atoms. The number of nitrogen functional groups attached to an aromatic ring is 1. The molecule has 104 valence electrons. The second-order valence-corrected chi connectivity index (χ2v) is 5.83. The lowest BCUT2D eigenvalue weighted by Gasteiger charge is -1.98. The first-order valence-electron chi connectivity index (χ1n) is 6.19. The van der Waals surface area contributed by atoms with Crippen LogP contribution in [0, 0.1) is 11.3 Å². The van der Waals surface area contributed by atoms with Gasteiger partial charge in [0.15, 0.2) is 5.58 Å². The first-order valence-corrected chi connectivity index (χ1v) is 7.51. The van der Waals surface area contributed by atoms with Gasteiger partial charge in [-0.15, -0.1) is 0 Å². The number of fused-ring (bicyclic) bond motifs is 1. The number of nitrogens with two attached hydrogens (primary N) is 1. The summed E-state index contributed by atoms with van der Waals surface area (Å²) in [5, 5.41) is 8.93. The highest BCUT2D eigenvalue weighted by Crippen LogP contribution is 2.21. The maximum absolute atomic E-state index is 12.3. The first kappa shape index (κ1) is 13.3. The molecule has 5 nitrogen and oxygen atoms in total. The van der Waals surface area contributed by atoms with Gasteiger partial charge in [-0.1, -0.05) is 12.1 Å². The number of nitrogens with zero attached hydrogens (tertiary/aromatic N) is 2. The van der Waals surface area contributed by atoms with Crippen molar-refractivity contribution >= 4 is 27.6 Å². The molecule has 0 saturated heterocycles. The van der Waals surface area contributed by atoms with Crippen molar-refractivity contribution in [1.82, 2.24) is 4.98 Å². The van der Waals surface area contributed by atoms with Crippen LogP contribution in [0.1, 0.15) is 11.1 Å². The zero-order chi connectivity index (χ0) is 14.8. The van der Waals surface area contributed by atoms with E-state index < -0.39 is 10.8 Å². The van der Waals surface area contributed by atoms with Crippen molar-refractivity contribution in [3.63, 3.8) is 0 Å². The minimum Gasteiger partial charge on any atom is -0.430 e. The summed E-state index contributed by atoms with van der Waals surface area (Å²) < 4.78 is 17.8. The minimum atomic E-state index is -1.38. The second-order valence-electron chi connectivity index (χ2n) is 4.51. The molecule has 0 amide bonds. The molecule has 0 bridgehead atoms. The largest absolute Gasteiger partial charge is 0.430 e. The van der Waals surface area contributed by atoms with Crippen LogP contribution in [0.25, 0.3) is 11.1 Å². The topological polar surface area (TPSA) is 92.9 Å². The normalized spacial score (nSPS) is 12.1. The third-order valence-electron chi connectivity index (χ3n) is 2.97. The molecule has 3 rings (SSSR count). The molecule has 1 aromatic heterocycles. The standard InChI is InChI=1S/C15H11N3O2S/c16-8-10-1-3-11(4-2-10)9-21(19)15-18-13-6-5-12(17)7-14(13)20-15/h1-7H,9,17H2. The smallest absolute Gasteiger partial charge is 0.288 e. The van der Waals surface area contributed by atoms with Crippen LogP contribution in [0.15, 0.2) is 52.1 Å². The summed E-state index contributed by atoms with van der Waals surface area (Å²) in [7, 11) is -1.38. The predicted molar refractivity (Wildman–Crippen MR) is 79.7 cm³/mol. The van der Waals surface area contributed by atoms with Crippen molar-refractivity contribution in [2.45, 2.75) is 11.0 Å². The zero-order valence-electron chi connectivity index (χ0n) is 10.9. The van der Waals surface area contributed by atoms with E-state index in [4.69, 9.17) is 15.4 Å². The number of rotatable bonds is 3. The van der Waals surface area contributed by atoms with E-state index in [1.807, 2.05) is 6.07 Å². The number of nitriles is 1. The van der Waals surface area contributed by atoms with Gasteiger partial charge in [0.25, 0.3) is 5.22 Å². The van der Waals surface area contributed by atoms with Gasteiger partial charge in [0, 0.05) is 11.8 Å². The Labute approximate surface area is 123 Å². The van der Waals surface area contributed by atoms with Gasteiger partial charge in [0.05, 0.1) is 17.4 Å². The van der Waals surface area contributed by atoms with Gasteiger partial charge in [-0.3, -0.25) is 0 Å². The number of hydrogen-bond donors (Lipinski definition) is 1. The Kier molecular flexibility index (Phi) is 3.42. The first-order chi connectivity index (χ1) is 10.2. The Morgan fingerprint density at radius 1 is 1.24 bits per heavy atom. The van der Waals surface area contributed by atoms with Gasteiger partial charge < -0.3 is 10.2 Å². The van der Waals surface area contributed by atoms with Crippen LogP contribution in [0.5, 0.6) is 0 Å². The lowest BCUT2D eigenvalue weighted by atomic mass is 10.2. The minimum absolute atomic E-state index is 0.181. The van der Waals surface area contributed by atoms with E-state index in [9.17, 15) is 4.21 Å². The molecule has 0 aliphatic rings. The summed E-state index contributed by atoms with van der Waals surface area (Å²) >= 11 is 0. The summed E-state index contributed by atoms with van der Waals surface area (Å²) in [5.74, 6) is 0.286. The maximum atomic E-state index is 12.3. The number of anilines is 1. The van der Waals surface area contributed by atoms with E-state index in [2.05, 4.69) is 4.98 Å². The Hall–Kier alpha value is -2.65. The molecule has 6 heteroatoms. The van der Waals surface area contributed by atoms with Gasteiger partial charge >= 0.3 is 0 Å². The van der Waals surface area contributed by atoms with Gasteiger partial charge in [-0.25, -0.2) is 9.19 Å². The Balaban J connectivity index is 1.84. The third-order valence-corrected chi connectivity index (χ3v) is 4.13. The lowest BCUT2D eigenvalue weighted by Crippen LogP contribution is -1.96. The van der Waals surface area contributed by atoms with E-state index in [0.717, 1.165) is 5.56 Å². The predicted octanol–water partition coefficient (Wildman–Crippen LogP) is 2.59. The average molecular weight is 297 g/mol. The number of aromatic nitrogens is 1. The molecule has 3 aromatic rings. The van der Waals surface area contributed by atoms with Crippen LogP contribution in [0.2, 0.25) is 0 Å². The molecule has 2 N–H and O–H groups in total. The van der Waals surface area contributed by atoms with Crippen molar-refractivity contribution in [3.8, 4) is 6.07 Å². The highest BCUT2D eigenvalue weighted by Gasteiger charge is 2.13. The lowest BCUT2D eigenvalue weighted by molar-refractivity contribution is 0.477. The number of benzene rings is 2. The average Bonchev–Trinajstić information content (AvgIpc) is 2.91. The van der Waals surface area contributed by atoms with Gasteiger partial charge in [-0.05, 0) is 29.8 Å². The molecular formula is C15H11N3O2S. The van der Waals surface area contributed by atoms with Crippen LogP contribution in [-0.4, -0.2) is 9.19 Å². The van der Waals surface area contributed by atoms with Gasteiger partial charge in [-0.2, -0.15) is 5.26 Å². The molecule has 0 saturated carbocycles. The van der Waals surface area contributed by atoms with Crippen molar-refractivity contribution in [1.29, 1.82) is 5.26 Å². The molecular weight excluding hydrogens is 286 g/mol. The number of hydrogen-bond acceptors (Lipinski definition) is 5. The zero-order valence-corrected chi connectivity index (χ0v) is 11.8. The number of oxazole rings is 1. The maximum Gasteiger partial charge on any atom is 0.288 e. The highest BCUT2D eigenvalue weighted by molar-refractivity contribution is 7.84. The van der Waals surface area contributed by atoms with Gasteiger partial charge in [0.2, 0.25) is 0 Å². The van der Waals surface area contributed by atoms with E-state index >= 15 is 0 Å². The van der Waals surface area contributed by atoms with Crippen LogP contribution in [0.3, 0.4) is 0 Å². The molecule has 0 radical (unpaired) electrons. The SMILES string of the molecule is N#Cc1ccc(CS(=O)c2nc3ccc(N)cc3o2)cc1. The van der Waals surface area contributed by atoms with E-state index in [0.29, 0.717) is 22.4 Å².